The average Bonchev–Trinajstić information content (AvgIpc) is 3.22. The Morgan fingerprint density at radius 1 is 1.11 bits per heavy atom. The Morgan fingerprint density at radius 3 is 2.61 bits per heavy atom. The average molecular weight is 385 g/mol. The van der Waals surface area contributed by atoms with Crippen LogP contribution in [0.25, 0.3) is 0 Å². The van der Waals surface area contributed by atoms with Crippen molar-refractivity contribution in [2.45, 2.75) is 13.0 Å². The summed E-state index contributed by atoms with van der Waals surface area (Å²) in [5.41, 5.74) is 1.71. The molecular weight excluding hydrogens is 358 g/mol. The first-order valence-electron chi connectivity index (χ1n) is 9.03. The summed E-state index contributed by atoms with van der Waals surface area (Å²) in [6.07, 6.45) is 2.29. The normalized spacial score (nSPS) is 11.0. The molecule has 0 bridgehead atoms. The highest BCUT2D eigenvalue weighted by Gasteiger charge is 2.08. The first kappa shape index (κ1) is 21.0. The standard InChI is InChI=1S/C20H27N5O3/c1-21-20(24-14-18(26)23-13-17-8-5-11-28-17)22-10-9-15-6-4-7-16(12-15)19(27)25(2)3/h4-8,11-12H,9-10,13-14H2,1-3H3,(H,23,26)(H2,21,22,24). The Kier molecular flexibility index (Phi) is 8.08. The molecule has 3 N–H and O–H groups in total. The predicted molar refractivity (Wildman–Crippen MR) is 108 cm³/mol. The number of amides is 2. The van der Waals surface area contributed by atoms with Gasteiger partial charge in [-0.25, -0.2) is 0 Å². The Morgan fingerprint density at radius 2 is 1.93 bits per heavy atom. The number of aliphatic imine (C=N–C) groups is 1. The number of carbonyl (C=O) groups excluding carboxylic acids is 2. The number of benzene rings is 1. The molecule has 0 aliphatic carbocycles. The van der Waals surface area contributed by atoms with Crippen molar-refractivity contribution in [3.63, 3.8) is 0 Å². The Balaban J connectivity index is 1.73. The van der Waals surface area contributed by atoms with Gasteiger partial charge in [0, 0.05) is 33.3 Å². The van der Waals surface area contributed by atoms with Gasteiger partial charge in [0.2, 0.25) is 5.91 Å². The number of nitrogens with one attached hydrogen (secondary N) is 3. The van der Waals surface area contributed by atoms with E-state index >= 15 is 0 Å². The molecule has 2 amide bonds. The number of furan rings is 1. The van der Waals surface area contributed by atoms with Gasteiger partial charge in [0.25, 0.3) is 5.91 Å². The first-order valence-corrected chi connectivity index (χ1v) is 9.03. The van der Waals surface area contributed by atoms with Gasteiger partial charge in [-0.05, 0) is 36.2 Å². The van der Waals surface area contributed by atoms with Crippen LogP contribution in [0.4, 0.5) is 0 Å². The topological polar surface area (TPSA) is 99.0 Å². The van der Waals surface area contributed by atoms with E-state index in [1.165, 1.54) is 0 Å². The smallest absolute Gasteiger partial charge is 0.253 e. The van der Waals surface area contributed by atoms with Crippen LogP contribution in [0.15, 0.2) is 52.1 Å². The third kappa shape index (κ3) is 6.79. The van der Waals surface area contributed by atoms with E-state index in [1.54, 1.807) is 50.5 Å². The molecule has 28 heavy (non-hydrogen) atoms. The fraction of sp³-hybridized carbons (Fsp3) is 0.350. The van der Waals surface area contributed by atoms with Crippen molar-refractivity contribution in [1.82, 2.24) is 20.9 Å². The fourth-order valence-corrected chi connectivity index (χ4v) is 2.49. The van der Waals surface area contributed by atoms with Gasteiger partial charge in [-0.3, -0.25) is 14.6 Å². The van der Waals surface area contributed by atoms with Crippen LogP contribution in [0.2, 0.25) is 0 Å². The largest absolute Gasteiger partial charge is 0.467 e. The van der Waals surface area contributed by atoms with Gasteiger partial charge in [0.1, 0.15) is 5.76 Å². The summed E-state index contributed by atoms with van der Waals surface area (Å²) in [5.74, 6) is 1.06. The molecule has 0 spiro atoms. The fourth-order valence-electron chi connectivity index (χ4n) is 2.49. The van der Waals surface area contributed by atoms with Crippen molar-refractivity contribution in [2.75, 3.05) is 34.2 Å². The first-order chi connectivity index (χ1) is 13.5. The van der Waals surface area contributed by atoms with E-state index in [0.29, 0.717) is 30.4 Å². The molecule has 2 aromatic rings. The van der Waals surface area contributed by atoms with E-state index in [0.717, 1.165) is 12.0 Å². The molecule has 1 heterocycles. The molecule has 0 aliphatic rings. The Labute approximate surface area is 165 Å². The minimum Gasteiger partial charge on any atom is -0.467 e. The predicted octanol–water partition coefficient (Wildman–Crippen LogP) is 1.01. The lowest BCUT2D eigenvalue weighted by atomic mass is 10.1. The molecule has 2 rings (SSSR count). The number of guanidine groups is 1. The second-order valence-electron chi connectivity index (χ2n) is 6.36. The van der Waals surface area contributed by atoms with Gasteiger partial charge in [-0.2, -0.15) is 0 Å². The summed E-state index contributed by atoms with van der Waals surface area (Å²) in [5, 5.41) is 8.88. The van der Waals surface area contributed by atoms with Crippen LogP contribution in [-0.2, 0) is 17.8 Å². The Hall–Kier alpha value is -3.29. The van der Waals surface area contributed by atoms with E-state index in [2.05, 4.69) is 20.9 Å². The minimum atomic E-state index is -0.158. The molecule has 0 fully saturated rings. The second kappa shape index (κ2) is 10.8. The van der Waals surface area contributed by atoms with E-state index in [4.69, 9.17) is 4.42 Å². The molecule has 0 atom stereocenters. The van der Waals surface area contributed by atoms with Crippen molar-refractivity contribution < 1.29 is 14.0 Å². The highest BCUT2D eigenvalue weighted by atomic mass is 16.3. The summed E-state index contributed by atoms with van der Waals surface area (Å²) in [4.78, 5) is 29.6. The molecular formula is C20H27N5O3. The number of hydrogen-bond donors (Lipinski definition) is 3. The zero-order chi connectivity index (χ0) is 20.4. The maximum atomic E-state index is 12.0. The van der Waals surface area contributed by atoms with Crippen molar-refractivity contribution in [3.8, 4) is 0 Å². The van der Waals surface area contributed by atoms with Crippen molar-refractivity contribution >= 4 is 17.8 Å². The molecule has 1 aromatic heterocycles. The summed E-state index contributed by atoms with van der Waals surface area (Å²) in [6.45, 7) is 1.07. The van der Waals surface area contributed by atoms with E-state index in [1.807, 2.05) is 18.2 Å². The van der Waals surface area contributed by atoms with Gasteiger partial charge >= 0.3 is 0 Å². The van der Waals surface area contributed by atoms with Crippen LogP contribution in [0.1, 0.15) is 21.7 Å². The SMILES string of the molecule is CN=C(NCCc1cccc(C(=O)N(C)C)c1)NCC(=O)NCc1ccco1. The molecule has 0 unspecified atom stereocenters. The molecule has 150 valence electrons. The third-order valence-corrected chi connectivity index (χ3v) is 3.97. The lowest BCUT2D eigenvalue weighted by Crippen LogP contribution is -2.43. The maximum absolute atomic E-state index is 12.0. The van der Waals surface area contributed by atoms with Crippen LogP contribution >= 0.6 is 0 Å². The molecule has 0 aliphatic heterocycles. The quantitative estimate of drug-likeness (QED) is 0.465. The van der Waals surface area contributed by atoms with Gasteiger partial charge in [0.15, 0.2) is 5.96 Å². The van der Waals surface area contributed by atoms with Crippen LogP contribution in [0.3, 0.4) is 0 Å². The van der Waals surface area contributed by atoms with Crippen molar-refractivity contribution in [2.24, 2.45) is 4.99 Å². The zero-order valence-corrected chi connectivity index (χ0v) is 16.5. The maximum Gasteiger partial charge on any atom is 0.253 e. The van der Waals surface area contributed by atoms with Crippen LogP contribution < -0.4 is 16.0 Å². The molecule has 0 radical (unpaired) electrons. The highest BCUT2D eigenvalue weighted by Crippen LogP contribution is 2.07. The van der Waals surface area contributed by atoms with Gasteiger partial charge in [-0.1, -0.05) is 12.1 Å². The van der Waals surface area contributed by atoms with Gasteiger partial charge in [0.05, 0.1) is 19.4 Å². The van der Waals surface area contributed by atoms with Crippen molar-refractivity contribution in [1.29, 1.82) is 0 Å². The van der Waals surface area contributed by atoms with Crippen LogP contribution in [0, 0.1) is 0 Å². The van der Waals surface area contributed by atoms with Crippen LogP contribution in [-0.4, -0.2) is 56.9 Å². The molecule has 0 saturated carbocycles. The highest BCUT2D eigenvalue weighted by molar-refractivity contribution is 5.94. The van der Waals surface area contributed by atoms with E-state index in [-0.39, 0.29) is 18.4 Å². The number of rotatable bonds is 8. The molecule has 1 aromatic carbocycles. The minimum absolute atomic E-state index is 0.0205. The summed E-state index contributed by atoms with van der Waals surface area (Å²) in [6, 6.07) is 11.1. The number of carbonyl (C=O) groups is 2. The third-order valence-electron chi connectivity index (χ3n) is 3.97. The monoisotopic (exact) mass is 385 g/mol. The van der Waals surface area contributed by atoms with Gasteiger partial charge < -0.3 is 25.3 Å². The van der Waals surface area contributed by atoms with Crippen molar-refractivity contribution in [3.05, 3.63) is 59.5 Å². The molecule has 0 saturated heterocycles. The van der Waals surface area contributed by atoms with Crippen LogP contribution in [0.5, 0.6) is 0 Å². The van der Waals surface area contributed by atoms with Gasteiger partial charge in [-0.15, -0.1) is 0 Å². The molecule has 8 nitrogen and oxygen atoms in total. The zero-order valence-electron chi connectivity index (χ0n) is 16.5. The summed E-state index contributed by atoms with van der Waals surface area (Å²) in [7, 11) is 5.11. The lowest BCUT2D eigenvalue weighted by molar-refractivity contribution is -0.120. The number of hydrogen-bond acceptors (Lipinski definition) is 4. The Bertz CT molecular complexity index is 800. The second-order valence-corrected chi connectivity index (χ2v) is 6.36. The summed E-state index contributed by atoms with van der Waals surface area (Å²) >= 11 is 0. The van der Waals surface area contributed by atoms with E-state index < -0.39 is 0 Å². The summed E-state index contributed by atoms with van der Waals surface area (Å²) < 4.78 is 5.17. The van der Waals surface area contributed by atoms with E-state index in [9.17, 15) is 9.59 Å². The lowest BCUT2D eigenvalue weighted by Gasteiger charge is -2.13. The molecule has 8 heteroatoms. The number of nitrogens with zero attached hydrogens (tertiary/aromatic N) is 2.